The number of hydrogen-bond donors (Lipinski definition) is 0. The van der Waals surface area contributed by atoms with Crippen LogP contribution in [0.3, 0.4) is 0 Å². The summed E-state index contributed by atoms with van der Waals surface area (Å²) in [6.45, 7) is 0. The Morgan fingerprint density at radius 1 is 0.300 bits per heavy atom. The maximum absolute atomic E-state index is 0. The van der Waals surface area contributed by atoms with Gasteiger partial charge < -0.3 is 0 Å². The molecule has 0 aliphatic carbocycles. The summed E-state index contributed by atoms with van der Waals surface area (Å²) in [5.74, 6) is 0. The zero-order valence-electron chi connectivity index (χ0n) is 4.21. The zero-order valence-corrected chi connectivity index (χ0v) is 18.6. The molecule has 0 fully saturated rings. The van der Waals surface area contributed by atoms with Gasteiger partial charge in [0, 0.05) is 119 Å². The molecule has 0 heterocycles. The first-order valence-corrected chi connectivity index (χ1v) is 0. The summed E-state index contributed by atoms with van der Waals surface area (Å²) in [4.78, 5) is 0. The van der Waals surface area contributed by atoms with Crippen molar-refractivity contribution in [2.45, 2.75) is 0 Å². The van der Waals surface area contributed by atoms with E-state index in [4.69, 9.17) is 0 Å². The fourth-order valence-corrected chi connectivity index (χ4v) is 0. The van der Waals surface area contributed by atoms with E-state index in [1.165, 1.54) is 0 Å². The molecule has 0 amide bonds. The van der Waals surface area contributed by atoms with Gasteiger partial charge in [0.25, 0.3) is 0 Å². The third-order valence-corrected chi connectivity index (χ3v) is 0. The topological polar surface area (TPSA) is 0 Å². The molecule has 0 aliphatic heterocycles. The van der Waals surface area contributed by atoms with E-state index in [1.807, 2.05) is 0 Å². The molecule has 0 aromatic heterocycles. The second kappa shape index (κ2) is 85.2. The van der Waals surface area contributed by atoms with E-state index < -0.39 is 0 Å². The van der Waals surface area contributed by atoms with E-state index >= 15 is 0 Å². The van der Waals surface area contributed by atoms with Crippen molar-refractivity contribution in [1.82, 2.24) is 0 Å². The standard InChI is InChI=1S/4Al.3Ni.3Pt/q;;;;;;;3*+4. The van der Waals surface area contributed by atoms with Crippen LogP contribution < -0.4 is 0 Å². The van der Waals surface area contributed by atoms with E-state index in [-0.39, 0.29) is 182 Å². The molecule has 0 spiro atoms. The largest absolute Gasteiger partial charge is 4.00 e. The maximum Gasteiger partial charge on any atom is 4.00 e. The molecule has 0 aliphatic rings. The minimum atomic E-state index is 0. The van der Waals surface area contributed by atoms with Gasteiger partial charge in [-0.25, -0.2) is 0 Å². The van der Waals surface area contributed by atoms with E-state index in [2.05, 4.69) is 0 Å². The average Bonchev–Trinajstić information content (AvgIpc) is 0. The SMILES string of the molecule is [Al].[Al].[Al].[Al].[Ni].[Ni].[Ni].[Pt+4].[Pt+4].[Pt+4]. The van der Waals surface area contributed by atoms with Crippen molar-refractivity contribution in [2.24, 2.45) is 0 Å². The third kappa shape index (κ3) is 68.2. The van der Waals surface area contributed by atoms with Gasteiger partial charge in [-0.1, -0.05) is 0 Å². The van der Waals surface area contributed by atoms with Gasteiger partial charge in [-0.2, -0.15) is 0 Å². The van der Waals surface area contributed by atoms with Gasteiger partial charge in [-0.3, -0.25) is 0 Å². The van der Waals surface area contributed by atoms with Crippen molar-refractivity contribution in [3.8, 4) is 0 Å². The second-order valence-corrected chi connectivity index (χ2v) is 0. The smallest absolute Gasteiger partial charge is 0 e. The summed E-state index contributed by atoms with van der Waals surface area (Å²) < 4.78 is 0. The van der Waals surface area contributed by atoms with Gasteiger partial charge >= 0.3 is 63.2 Å². The van der Waals surface area contributed by atoms with E-state index in [9.17, 15) is 0 Å². The molecule has 12 radical (unpaired) electrons. The molecule has 10 heavy (non-hydrogen) atoms. The molecule has 0 bridgehead atoms. The second-order valence-electron chi connectivity index (χ2n) is 0. The van der Waals surface area contributed by atoms with Crippen LogP contribution in [-0.2, 0) is 113 Å². The Kier molecular flexibility index (Phi) is 893. The molecule has 0 rings (SSSR count). The molecular formula is Al4Ni3Pt3+12. The van der Waals surface area contributed by atoms with Crippen LogP contribution >= 0.6 is 0 Å². The van der Waals surface area contributed by atoms with Gasteiger partial charge in [0.15, 0.2) is 0 Å². The van der Waals surface area contributed by atoms with E-state index in [0.29, 0.717) is 0 Å². The van der Waals surface area contributed by atoms with Crippen molar-refractivity contribution in [1.29, 1.82) is 0 Å². The van der Waals surface area contributed by atoms with Crippen LogP contribution in [0.1, 0.15) is 0 Å². The summed E-state index contributed by atoms with van der Waals surface area (Å²) in [6.07, 6.45) is 0. The van der Waals surface area contributed by atoms with Gasteiger partial charge in [0.1, 0.15) is 0 Å². The minimum Gasteiger partial charge on any atom is 0 e. The first-order chi connectivity index (χ1) is 0. The Labute approximate surface area is 178 Å². The fraction of sp³-hybridized carbons (Fsp3) is 0. The summed E-state index contributed by atoms with van der Waals surface area (Å²) in [7, 11) is 0. The summed E-state index contributed by atoms with van der Waals surface area (Å²) in [5.41, 5.74) is 0. The van der Waals surface area contributed by atoms with Crippen LogP contribution in [0, 0.1) is 0 Å². The van der Waals surface area contributed by atoms with Crippen LogP contribution in [0.4, 0.5) is 0 Å². The summed E-state index contributed by atoms with van der Waals surface area (Å²) in [5, 5.41) is 0. The molecule has 0 atom stereocenters. The van der Waals surface area contributed by atoms with E-state index in [0.717, 1.165) is 0 Å². The van der Waals surface area contributed by atoms with Crippen LogP contribution in [0.25, 0.3) is 0 Å². The van der Waals surface area contributed by atoms with Gasteiger partial charge in [-0.05, 0) is 0 Å². The minimum absolute atomic E-state index is 0. The quantitative estimate of drug-likeness (QED) is 0.260. The normalized spacial score (nSPS) is 0. The van der Waals surface area contributed by atoms with Crippen LogP contribution in [0.15, 0.2) is 0 Å². The monoisotopic (exact) mass is 867 g/mol. The number of hydrogen-bond acceptors (Lipinski definition) is 0. The molecular weight excluding hydrogens is 869 g/mol. The molecule has 60 valence electrons. The Bertz CT molecular complexity index is 15.7. The average molecular weight is 869 g/mol. The molecule has 0 aromatic carbocycles. The fourth-order valence-electron chi connectivity index (χ4n) is 0. The predicted octanol–water partition coefficient (Wildman–Crippen LogP) is -1.54. The Hall–Kier alpha value is 5.68. The Morgan fingerprint density at radius 3 is 0.300 bits per heavy atom. The molecule has 0 N–H and O–H groups in total. The zero-order chi connectivity index (χ0) is 0. The van der Waals surface area contributed by atoms with Crippen LogP contribution in [0.5, 0.6) is 0 Å². The Balaban J connectivity index is 0. The third-order valence-electron chi connectivity index (χ3n) is 0. The summed E-state index contributed by atoms with van der Waals surface area (Å²) in [6, 6.07) is 0. The summed E-state index contributed by atoms with van der Waals surface area (Å²) >= 11 is 0. The van der Waals surface area contributed by atoms with Crippen LogP contribution in [-0.4, -0.2) is 69.4 Å². The van der Waals surface area contributed by atoms with Crippen molar-refractivity contribution in [3.63, 3.8) is 0 Å². The molecule has 0 unspecified atom stereocenters. The molecule has 0 aromatic rings. The van der Waals surface area contributed by atoms with E-state index in [1.54, 1.807) is 0 Å². The number of rotatable bonds is 0. The maximum atomic E-state index is 0. The van der Waals surface area contributed by atoms with Crippen molar-refractivity contribution in [2.75, 3.05) is 0 Å². The van der Waals surface area contributed by atoms with Gasteiger partial charge in [0.2, 0.25) is 0 Å². The first kappa shape index (κ1) is 105. The molecule has 0 saturated carbocycles. The van der Waals surface area contributed by atoms with Gasteiger partial charge in [0.05, 0.1) is 0 Å². The van der Waals surface area contributed by atoms with Crippen molar-refractivity contribution < 1.29 is 113 Å². The van der Waals surface area contributed by atoms with Crippen molar-refractivity contribution >= 4 is 69.4 Å². The van der Waals surface area contributed by atoms with Gasteiger partial charge in [-0.15, -0.1) is 0 Å². The van der Waals surface area contributed by atoms with Crippen molar-refractivity contribution in [3.05, 3.63) is 0 Å². The molecule has 0 saturated heterocycles. The Morgan fingerprint density at radius 2 is 0.300 bits per heavy atom. The molecule has 10 heteroatoms. The first-order valence-electron chi connectivity index (χ1n) is 0. The molecule has 0 nitrogen and oxygen atoms in total. The predicted molar refractivity (Wildman–Crippen MR) is 23.0 cm³/mol. The van der Waals surface area contributed by atoms with Crippen LogP contribution in [0.2, 0.25) is 0 Å².